The Hall–Kier alpha value is -15.5. The number of furan rings is 4. The lowest BCUT2D eigenvalue weighted by molar-refractivity contribution is 0.668. The second kappa shape index (κ2) is 27.2. The minimum absolute atomic E-state index is 0.832. The van der Waals surface area contributed by atoms with Gasteiger partial charge in [0.05, 0.1) is 11.4 Å². The van der Waals surface area contributed by atoms with Crippen LogP contribution in [0.25, 0.3) is 198 Å². The zero-order valence-corrected chi connectivity index (χ0v) is 62.8. The van der Waals surface area contributed by atoms with Crippen LogP contribution in [0.5, 0.6) is 0 Å². The van der Waals surface area contributed by atoms with Gasteiger partial charge in [0.2, 0.25) is 0 Å². The Kier molecular flexibility index (Phi) is 15.5. The number of hydrogen-bond donors (Lipinski definition) is 0. The van der Waals surface area contributed by atoms with E-state index < -0.39 is 0 Å². The highest BCUT2D eigenvalue weighted by atomic mass is 16.3. The van der Waals surface area contributed by atoms with Crippen LogP contribution in [0, 0.1) is 0 Å². The summed E-state index contributed by atoms with van der Waals surface area (Å²) in [4.78, 5) is 4.77. The van der Waals surface area contributed by atoms with Crippen LogP contribution in [0.3, 0.4) is 0 Å². The Bertz CT molecular complexity index is 7820. The second-order valence-corrected chi connectivity index (χ2v) is 30.2. The molecule has 0 spiro atoms. The third-order valence-corrected chi connectivity index (χ3v) is 23.5. The predicted molar refractivity (Wildman–Crippen MR) is 483 cm³/mol. The second-order valence-electron chi connectivity index (χ2n) is 30.2. The largest absolute Gasteiger partial charge is 0.456 e. The smallest absolute Gasteiger partial charge is 0.136 e. The lowest BCUT2D eigenvalue weighted by Crippen LogP contribution is -2.11. The van der Waals surface area contributed by atoms with Crippen LogP contribution in [-0.2, 0) is 0 Å². The molecule has 0 atom stereocenters. The van der Waals surface area contributed by atoms with Gasteiger partial charge in [0, 0.05) is 77.0 Å². The summed E-state index contributed by atoms with van der Waals surface area (Å²) in [6.07, 6.45) is 0. The molecule has 23 rings (SSSR count). The molecule has 0 saturated carbocycles. The molecule has 4 aromatic heterocycles. The van der Waals surface area contributed by atoms with Gasteiger partial charge < -0.3 is 27.5 Å². The standard InChI is InChI=1S/C110H68N2O4/c1-2-16-77-63-78(38-35-69(77)15-1)73-43-54-86(55-44-73)112(88-58-47-75(48-59-88)82-50-61-94-92-20-6-11-27-102(92)115-107(94)67-82)100-25-9-4-18-90(100)96-23-14-30-105-110(96)98-62-51-83(68-108(98)116-105)80-40-37-76-36-39-79(64-84(76)65-80)72-33-31-70(32-34-72)71-41-52-85(53-42-71)111(87-56-45-74(46-57-87)81-49-60-93-91-19-5-10-26-101(91)114-106(93)66-81)99-24-8-3-17-89(99)95-22-13-29-104-109(95)97-21-7-12-28-103(97)113-104/h1-68H. The molecule has 0 radical (unpaired) electrons. The quantitative estimate of drug-likeness (QED) is 0.108. The van der Waals surface area contributed by atoms with Crippen molar-refractivity contribution < 1.29 is 17.7 Å². The van der Waals surface area contributed by atoms with Crippen molar-refractivity contribution in [3.05, 3.63) is 413 Å². The molecule has 6 heteroatoms. The zero-order valence-electron chi connectivity index (χ0n) is 62.8. The summed E-state index contributed by atoms with van der Waals surface area (Å²) in [5, 5.41) is 13.6. The molecule has 542 valence electrons. The molecule has 116 heavy (non-hydrogen) atoms. The van der Waals surface area contributed by atoms with Crippen molar-refractivity contribution in [2.24, 2.45) is 0 Å². The minimum Gasteiger partial charge on any atom is -0.456 e. The molecule has 0 N–H and O–H groups in total. The van der Waals surface area contributed by atoms with Crippen LogP contribution in [0.15, 0.2) is 430 Å². The Morgan fingerprint density at radius 3 is 0.871 bits per heavy atom. The third-order valence-electron chi connectivity index (χ3n) is 23.5. The Morgan fingerprint density at radius 2 is 0.405 bits per heavy atom. The highest BCUT2D eigenvalue weighted by Crippen LogP contribution is 2.50. The average Bonchev–Trinajstić information content (AvgIpc) is 1.59. The highest BCUT2D eigenvalue weighted by Gasteiger charge is 2.25. The van der Waals surface area contributed by atoms with E-state index in [4.69, 9.17) is 17.7 Å². The van der Waals surface area contributed by atoms with Gasteiger partial charge in [-0.2, -0.15) is 0 Å². The lowest BCUT2D eigenvalue weighted by atomic mass is 9.95. The van der Waals surface area contributed by atoms with E-state index in [2.05, 4.69) is 386 Å². The van der Waals surface area contributed by atoms with Gasteiger partial charge in [-0.05, 0) is 245 Å². The van der Waals surface area contributed by atoms with Crippen molar-refractivity contribution in [2.45, 2.75) is 0 Å². The average molecular weight is 1480 g/mol. The third kappa shape index (κ3) is 11.4. The molecular weight excluding hydrogens is 1410 g/mol. The van der Waals surface area contributed by atoms with Crippen LogP contribution in [0.1, 0.15) is 0 Å². The van der Waals surface area contributed by atoms with E-state index in [9.17, 15) is 0 Å². The number of nitrogens with zero attached hydrogens (tertiary/aromatic N) is 2. The molecule has 6 nitrogen and oxygen atoms in total. The fourth-order valence-corrected chi connectivity index (χ4v) is 17.7. The summed E-state index contributed by atoms with van der Waals surface area (Å²) in [5.74, 6) is 0. The van der Waals surface area contributed by atoms with Crippen LogP contribution in [0.4, 0.5) is 34.1 Å². The Morgan fingerprint density at radius 1 is 0.147 bits per heavy atom. The number of benzene rings is 19. The van der Waals surface area contributed by atoms with Gasteiger partial charge in [-0.25, -0.2) is 0 Å². The molecule has 0 amide bonds. The summed E-state index contributed by atoms with van der Waals surface area (Å²) in [7, 11) is 0. The van der Waals surface area contributed by atoms with E-state index in [0.717, 1.165) is 211 Å². The molecule has 0 saturated heterocycles. The van der Waals surface area contributed by atoms with Crippen LogP contribution >= 0.6 is 0 Å². The van der Waals surface area contributed by atoms with E-state index in [0.29, 0.717) is 0 Å². The van der Waals surface area contributed by atoms with Crippen molar-refractivity contribution >= 4 is 143 Å². The fraction of sp³-hybridized carbons (Fsp3) is 0. The molecule has 19 aromatic carbocycles. The highest BCUT2D eigenvalue weighted by molar-refractivity contribution is 6.16. The molecule has 0 aliphatic rings. The van der Waals surface area contributed by atoms with Gasteiger partial charge in [-0.15, -0.1) is 0 Å². The molecule has 0 bridgehead atoms. The molecule has 4 heterocycles. The van der Waals surface area contributed by atoms with Crippen molar-refractivity contribution in [1.29, 1.82) is 0 Å². The predicted octanol–water partition coefficient (Wildman–Crippen LogP) is 31.9. The van der Waals surface area contributed by atoms with Crippen molar-refractivity contribution in [1.82, 2.24) is 0 Å². The molecule has 0 unspecified atom stereocenters. The zero-order chi connectivity index (χ0) is 76.3. The van der Waals surface area contributed by atoms with Crippen LogP contribution in [0.2, 0.25) is 0 Å². The SMILES string of the molecule is c1ccc(N(c2ccc(-c3ccc(-c4ccc5ccc(-c6ccc7c(c6)oc6cccc(-c8ccccc8N(c8ccc(-c9ccc%10ccccc%10c9)cc8)c8ccc(-c9ccc%10c(c9)oc9ccccc9%10)cc8)c67)cc5c4)cc3)cc2)c2ccc(-c3ccc4c(c3)oc3ccccc34)cc2)c(-c2cccc3oc4ccccc4c23)c1. The maximum absolute atomic E-state index is 6.93. The summed E-state index contributed by atoms with van der Waals surface area (Å²) in [6.45, 7) is 0. The van der Waals surface area contributed by atoms with Gasteiger partial charge in [0.25, 0.3) is 0 Å². The van der Waals surface area contributed by atoms with E-state index in [1.165, 1.54) is 21.7 Å². The van der Waals surface area contributed by atoms with E-state index >= 15 is 0 Å². The lowest BCUT2D eigenvalue weighted by Gasteiger charge is -2.28. The monoisotopic (exact) mass is 1480 g/mol. The van der Waals surface area contributed by atoms with Gasteiger partial charge in [-0.1, -0.05) is 267 Å². The minimum atomic E-state index is 0.832. The fourth-order valence-electron chi connectivity index (χ4n) is 17.7. The first-order valence-corrected chi connectivity index (χ1v) is 39.5. The van der Waals surface area contributed by atoms with Gasteiger partial charge >= 0.3 is 0 Å². The van der Waals surface area contributed by atoms with Gasteiger partial charge in [-0.3, -0.25) is 0 Å². The van der Waals surface area contributed by atoms with Crippen LogP contribution < -0.4 is 9.80 Å². The number of fused-ring (bicyclic) bond motifs is 14. The topological polar surface area (TPSA) is 59.0 Å². The Balaban J connectivity index is 0.546. The molecule has 0 aliphatic heterocycles. The van der Waals surface area contributed by atoms with Gasteiger partial charge in [0.1, 0.15) is 44.7 Å². The summed E-state index contributed by atoms with van der Waals surface area (Å²) < 4.78 is 26.1. The van der Waals surface area contributed by atoms with Gasteiger partial charge in [0.15, 0.2) is 0 Å². The Labute approximate surface area is 668 Å². The maximum atomic E-state index is 6.93. The number of rotatable bonds is 14. The molecule has 0 aliphatic carbocycles. The first-order valence-electron chi connectivity index (χ1n) is 39.5. The number of para-hydroxylation sites is 5. The first-order chi connectivity index (χ1) is 57.4. The number of anilines is 6. The van der Waals surface area contributed by atoms with E-state index in [1.54, 1.807) is 0 Å². The normalized spacial score (nSPS) is 11.8. The van der Waals surface area contributed by atoms with Crippen molar-refractivity contribution in [3.8, 4) is 89.0 Å². The number of hydrogen-bond acceptors (Lipinski definition) is 6. The molecular formula is C110H68N2O4. The summed E-state index contributed by atoms with van der Waals surface area (Å²) in [6, 6.07) is 149. The van der Waals surface area contributed by atoms with E-state index in [1.807, 2.05) is 36.4 Å². The van der Waals surface area contributed by atoms with Crippen molar-refractivity contribution in [3.63, 3.8) is 0 Å². The van der Waals surface area contributed by atoms with E-state index in [-0.39, 0.29) is 0 Å². The molecule has 23 aromatic rings. The maximum Gasteiger partial charge on any atom is 0.136 e. The van der Waals surface area contributed by atoms with Crippen LogP contribution in [-0.4, -0.2) is 0 Å². The summed E-state index contributed by atoms with van der Waals surface area (Å²) >= 11 is 0. The first kappa shape index (κ1) is 66.3. The summed E-state index contributed by atoms with van der Waals surface area (Å²) in [5.41, 5.74) is 31.0. The van der Waals surface area contributed by atoms with Crippen molar-refractivity contribution in [2.75, 3.05) is 9.80 Å². The molecule has 0 fully saturated rings.